The predicted molar refractivity (Wildman–Crippen MR) is 90.9 cm³/mol. The molecule has 8 nitrogen and oxygen atoms in total. The third-order valence-corrected chi connectivity index (χ3v) is 3.77. The van der Waals surface area contributed by atoms with Gasteiger partial charge in [0.1, 0.15) is 5.56 Å². The van der Waals surface area contributed by atoms with Gasteiger partial charge in [0, 0.05) is 12.6 Å². The normalized spacial score (nSPS) is 10.5. The molecule has 0 bridgehead atoms. The maximum atomic E-state index is 12.3. The second-order valence-electron chi connectivity index (χ2n) is 5.12. The molecule has 0 aliphatic rings. The smallest absolute Gasteiger partial charge is 0.286 e. The molecule has 1 aromatic carbocycles. The number of ether oxygens (including phenoxy) is 2. The quantitative estimate of drug-likeness (QED) is 0.398. The topological polar surface area (TPSA) is 93.9 Å². The van der Waals surface area contributed by atoms with Crippen LogP contribution < -0.4 is 14.8 Å². The molecule has 134 valence electrons. The van der Waals surface area contributed by atoms with Gasteiger partial charge in [0.15, 0.2) is 11.5 Å². The van der Waals surface area contributed by atoms with Crippen molar-refractivity contribution in [1.82, 2.24) is 10.2 Å². The Morgan fingerprint density at radius 3 is 2.29 bits per heavy atom. The zero-order valence-electron chi connectivity index (χ0n) is 14.6. The molecule has 0 radical (unpaired) electrons. The minimum Gasteiger partial charge on any atom is -0.493 e. The molecule has 0 atom stereocenters. The summed E-state index contributed by atoms with van der Waals surface area (Å²) in [6.07, 6.45) is 0.772. The van der Waals surface area contributed by atoms with Gasteiger partial charge in [0.05, 0.1) is 25.2 Å². The van der Waals surface area contributed by atoms with Crippen LogP contribution in [0.2, 0.25) is 0 Å². The van der Waals surface area contributed by atoms with Crippen LogP contribution >= 0.6 is 0 Å². The molecule has 0 saturated carbocycles. The van der Waals surface area contributed by atoms with Gasteiger partial charge in [-0.25, -0.2) is 0 Å². The summed E-state index contributed by atoms with van der Waals surface area (Å²) in [6, 6.07) is 2.53. The number of nitrogens with zero attached hydrogens (tertiary/aromatic N) is 2. The van der Waals surface area contributed by atoms with Crippen LogP contribution in [0.5, 0.6) is 11.5 Å². The number of hydrogen-bond acceptors (Lipinski definition) is 6. The number of hydrogen-bond donors (Lipinski definition) is 1. The monoisotopic (exact) mass is 339 g/mol. The number of nitrogens with one attached hydrogen (secondary N) is 1. The molecule has 0 spiro atoms. The van der Waals surface area contributed by atoms with Gasteiger partial charge in [-0.2, -0.15) is 0 Å². The summed E-state index contributed by atoms with van der Waals surface area (Å²) in [4.78, 5) is 25.1. The highest BCUT2D eigenvalue weighted by Crippen LogP contribution is 2.34. The van der Waals surface area contributed by atoms with Crippen LogP contribution in [0.3, 0.4) is 0 Å². The maximum Gasteiger partial charge on any atom is 0.286 e. The van der Waals surface area contributed by atoms with Crippen molar-refractivity contribution in [3.05, 3.63) is 27.8 Å². The Labute approximate surface area is 141 Å². The SMILES string of the molecule is CCN(CC)CCCNC(=O)c1cc(OC)c(OC)cc1[N+](=O)[O-]. The lowest BCUT2D eigenvalue weighted by atomic mass is 10.1. The number of nitro benzene ring substituents is 1. The number of amides is 1. The van der Waals surface area contributed by atoms with E-state index in [0.29, 0.717) is 6.54 Å². The first-order valence-corrected chi connectivity index (χ1v) is 7.89. The third-order valence-electron chi connectivity index (χ3n) is 3.77. The average Bonchev–Trinajstić information content (AvgIpc) is 2.60. The predicted octanol–water partition coefficient (Wildman–Crippen LogP) is 2.07. The van der Waals surface area contributed by atoms with Gasteiger partial charge in [-0.1, -0.05) is 13.8 Å². The van der Waals surface area contributed by atoms with Crippen molar-refractivity contribution >= 4 is 11.6 Å². The van der Waals surface area contributed by atoms with Gasteiger partial charge in [0.25, 0.3) is 11.6 Å². The minimum atomic E-state index is -0.604. The van der Waals surface area contributed by atoms with E-state index in [-0.39, 0.29) is 22.7 Å². The molecule has 1 aromatic rings. The van der Waals surface area contributed by atoms with Crippen molar-refractivity contribution in [2.24, 2.45) is 0 Å². The molecule has 1 N–H and O–H groups in total. The lowest BCUT2D eigenvalue weighted by Crippen LogP contribution is -2.30. The van der Waals surface area contributed by atoms with Crippen molar-refractivity contribution in [3.8, 4) is 11.5 Å². The Bertz CT molecular complexity index is 573. The average molecular weight is 339 g/mol. The van der Waals surface area contributed by atoms with Gasteiger partial charge < -0.3 is 19.7 Å². The summed E-state index contributed by atoms with van der Waals surface area (Å²) in [6.45, 7) is 7.36. The molecular weight excluding hydrogens is 314 g/mol. The van der Waals surface area contributed by atoms with Gasteiger partial charge in [-0.3, -0.25) is 14.9 Å². The Balaban J connectivity index is 2.83. The Hall–Kier alpha value is -2.35. The molecule has 0 fully saturated rings. The Kier molecular flexibility index (Phi) is 7.97. The minimum absolute atomic E-state index is 0.0412. The highest BCUT2D eigenvalue weighted by atomic mass is 16.6. The summed E-state index contributed by atoms with van der Waals surface area (Å²) in [5.74, 6) is -0.0131. The first-order chi connectivity index (χ1) is 11.5. The van der Waals surface area contributed by atoms with Crippen molar-refractivity contribution in [1.29, 1.82) is 0 Å². The molecule has 0 saturated heterocycles. The molecule has 1 rings (SSSR count). The number of carbonyl (C=O) groups excluding carboxylic acids is 1. The van der Waals surface area contributed by atoms with Crippen LogP contribution in [-0.4, -0.2) is 56.1 Å². The van der Waals surface area contributed by atoms with Crippen molar-refractivity contribution in [2.45, 2.75) is 20.3 Å². The van der Waals surface area contributed by atoms with Gasteiger partial charge in [0.2, 0.25) is 0 Å². The van der Waals surface area contributed by atoms with Crippen LogP contribution in [0.4, 0.5) is 5.69 Å². The molecular formula is C16H25N3O5. The van der Waals surface area contributed by atoms with E-state index >= 15 is 0 Å². The fourth-order valence-corrected chi connectivity index (χ4v) is 2.34. The number of benzene rings is 1. The van der Waals surface area contributed by atoms with Crippen molar-refractivity contribution in [2.75, 3.05) is 40.4 Å². The highest BCUT2D eigenvalue weighted by Gasteiger charge is 2.24. The van der Waals surface area contributed by atoms with E-state index in [1.807, 2.05) is 0 Å². The van der Waals surface area contributed by atoms with Gasteiger partial charge in [-0.15, -0.1) is 0 Å². The maximum absolute atomic E-state index is 12.3. The number of nitro groups is 1. The van der Waals surface area contributed by atoms with Crippen LogP contribution in [-0.2, 0) is 0 Å². The Morgan fingerprint density at radius 2 is 1.79 bits per heavy atom. The van der Waals surface area contributed by atoms with E-state index in [1.54, 1.807) is 0 Å². The fourth-order valence-electron chi connectivity index (χ4n) is 2.34. The second-order valence-corrected chi connectivity index (χ2v) is 5.12. The number of carbonyl (C=O) groups is 1. The molecule has 0 unspecified atom stereocenters. The molecule has 0 aliphatic heterocycles. The molecule has 8 heteroatoms. The zero-order chi connectivity index (χ0) is 18.1. The van der Waals surface area contributed by atoms with Gasteiger partial charge >= 0.3 is 0 Å². The molecule has 24 heavy (non-hydrogen) atoms. The summed E-state index contributed by atoms with van der Waals surface area (Å²) in [5.41, 5.74) is -0.352. The second kappa shape index (κ2) is 9.71. The van der Waals surface area contributed by atoms with Crippen LogP contribution in [0, 0.1) is 10.1 Å². The molecule has 1 amide bonds. The van der Waals surface area contributed by atoms with E-state index in [4.69, 9.17) is 9.47 Å². The van der Waals surface area contributed by atoms with E-state index in [1.165, 1.54) is 26.4 Å². The van der Waals surface area contributed by atoms with E-state index in [2.05, 4.69) is 24.1 Å². The molecule has 0 aromatic heterocycles. The molecule has 0 heterocycles. The third kappa shape index (κ3) is 5.09. The van der Waals surface area contributed by atoms with Crippen LogP contribution in [0.15, 0.2) is 12.1 Å². The summed E-state index contributed by atoms with van der Waals surface area (Å²) in [7, 11) is 2.80. The zero-order valence-corrected chi connectivity index (χ0v) is 14.6. The first kappa shape index (κ1) is 19.7. The van der Waals surface area contributed by atoms with Crippen molar-refractivity contribution in [3.63, 3.8) is 0 Å². The summed E-state index contributed by atoms with van der Waals surface area (Å²) in [5, 5.41) is 13.9. The Morgan fingerprint density at radius 1 is 1.21 bits per heavy atom. The lowest BCUT2D eigenvalue weighted by molar-refractivity contribution is -0.385. The summed E-state index contributed by atoms with van der Waals surface area (Å²) < 4.78 is 10.2. The van der Waals surface area contributed by atoms with E-state index in [0.717, 1.165) is 26.1 Å². The lowest BCUT2D eigenvalue weighted by Gasteiger charge is -2.17. The largest absolute Gasteiger partial charge is 0.493 e. The first-order valence-electron chi connectivity index (χ1n) is 7.89. The summed E-state index contributed by atoms with van der Waals surface area (Å²) >= 11 is 0. The van der Waals surface area contributed by atoms with Crippen molar-refractivity contribution < 1.29 is 19.2 Å². The van der Waals surface area contributed by atoms with E-state index in [9.17, 15) is 14.9 Å². The standard InChI is InChI=1S/C16H25N3O5/c1-5-18(6-2)9-7-8-17-16(20)12-10-14(23-3)15(24-4)11-13(12)19(21)22/h10-11H,5-9H2,1-4H3,(H,17,20). The number of methoxy groups -OCH3 is 2. The van der Waals surface area contributed by atoms with Crippen LogP contribution in [0.1, 0.15) is 30.6 Å². The van der Waals surface area contributed by atoms with E-state index < -0.39 is 10.8 Å². The fraction of sp³-hybridized carbons (Fsp3) is 0.562. The number of rotatable bonds is 10. The highest BCUT2D eigenvalue weighted by molar-refractivity contribution is 5.99. The van der Waals surface area contributed by atoms with Gasteiger partial charge in [-0.05, 0) is 26.1 Å². The molecule has 0 aliphatic carbocycles. The van der Waals surface area contributed by atoms with Crippen LogP contribution in [0.25, 0.3) is 0 Å².